The number of rotatable bonds is 2. The molecule has 0 aliphatic rings. The molecule has 5 heteroatoms. The minimum atomic E-state index is -0.954. The molecule has 1 aromatic carbocycles. The van der Waals surface area contributed by atoms with Gasteiger partial charge in [0.2, 0.25) is 0 Å². The number of aryl methyl sites for hydroxylation is 1. The third-order valence-electron chi connectivity index (χ3n) is 1.36. The first-order valence-electron chi connectivity index (χ1n) is 4.12. The van der Waals surface area contributed by atoms with Gasteiger partial charge < -0.3 is 27.6 Å². The summed E-state index contributed by atoms with van der Waals surface area (Å²) in [5, 5.41) is 24.0. The second-order valence-electron chi connectivity index (χ2n) is 2.67. The highest BCUT2D eigenvalue weighted by Gasteiger charge is 1.93. The molecule has 0 saturated carbocycles. The molecular weight excluding hydrogens is 196 g/mol. The first-order chi connectivity index (χ1) is 6.20. The van der Waals surface area contributed by atoms with Crippen LogP contribution in [0.15, 0.2) is 30.3 Å². The SMILES string of the molecule is Cc1ccccc1.N.N.OCC(O)CO. The Morgan fingerprint density at radius 2 is 1.40 bits per heavy atom. The maximum atomic E-state index is 8.17. The minimum absolute atomic E-state index is 0. The number of hydrogen-bond donors (Lipinski definition) is 5. The monoisotopic (exact) mass is 218 g/mol. The topological polar surface area (TPSA) is 131 Å². The molecule has 1 aromatic rings. The van der Waals surface area contributed by atoms with Crippen molar-refractivity contribution in [1.29, 1.82) is 0 Å². The van der Waals surface area contributed by atoms with Gasteiger partial charge in [-0.1, -0.05) is 35.9 Å². The summed E-state index contributed by atoms with van der Waals surface area (Å²) < 4.78 is 0. The third-order valence-corrected chi connectivity index (χ3v) is 1.36. The Labute approximate surface area is 90.6 Å². The summed E-state index contributed by atoms with van der Waals surface area (Å²) >= 11 is 0. The Bertz CT molecular complexity index is 203. The van der Waals surface area contributed by atoms with Gasteiger partial charge in [-0.05, 0) is 6.92 Å². The van der Waals surface area contributed by atoms with Crippen molar-refractivity contribution in [2.45, 2.75) is 13.0 Å². The van der Waals surface area contributed by atoms with E-state index in [-0.39, 0.29) is 25.5 Å². The molecule has 0 aliphatic heterocycles. The minimum Gasteiger partial charge on any atom is -0.394 e. The average Bonchev–Trinajstić information content (AvgIpc) is 2.19. The first-order valence-corrected chi connectivity index (χ1v) is 4.12. The summed E-state index contributed by atoms with van der Waals surface area (Å²) in [5.74, 6) is 0. The van der Waals surface area contributed by atoms with E-state index in [1.807, 2.05) is 18.2 Å². The summed E-state index contributed by atoms with van der Waals surface area (Å²) in [6, 6.07) is 10.3. The van der Waals surface area contributed by atoms with E-state index in [0.29, 0.717) is 0 Å². The van der Waals surface area contributed by atoms with Gasteiger partial charge in [0.05, 0.1) is 13.2 Å². The van der Waals surface area contributed by atoms with Crippen molar-refractivity contribution < 1.29 is 15.3 Å². The lowest BCUT2D eigenvalue weighted by molar-refractivity contribution is 0.0450. The van der Waals surface area contributed by atoms with Gasteiger partial charge in [0.15, 0.2) is 0 Å². The van der Waals surface area contributed by atoms with E-state index in [1.54, 1.807) is 0 Å². The van der Waals surface area contributed by atoms with E-state index in [1.165, 1.54) is 5.56 Å². The van der Waals surface area contributed by atoms with E-state index < -0.39 is 6.10 Å². The van der Waals surface area contributed by atoms with Crippen molar-refractivity contribution in [3.63, 3.8) is 0 Å². The predicted octanol–water partition coefficient (Wildman–Crippen LogP) is 0.651. The van der Waals surface area contributed by atoms with Crippen molar-refractivity contribution in [2.75, 3.05) is 13.2 Å². The second-order valence-corrected chi connectivity index (χ2v) is 2.67. The van der Waals surface area contributed by atoms with Gasteiger partial charge in [0, 0.05) is 0 Å². The van der Waals surface area contributed by atoms with Crippen LogP contribution in [0.3, 0.4) is 0 Å². The molecule has 0 heterocycles. The Morgan fingerprint density at radius 1 is 1.00 bits per heavy atom. The highest BCUT2D eigenvalue weighted by molar-refractivity contribution is 5.11. The van der Waals surface area contributed by atoms with E-state index in [0.717, 1.165) is 0 Å². The van der Waals surface area contributed by atoms with Crippen LogP contribution in [0.25, 0.3) is 0 Å². The zero-order chi connectivity index (χ0) is 10.1. The standard InChI is InChI=1S/C7H8.C3H8O3.2H3N/c1-7-5-3-2-4-6-7;4-1-3(6)2-5;;/h2-6H,1H3;3-6H,1-2H2;2*1H3. The lowest BCUT2D eigenvalue weighted by Crippen LogP contribution is -2.15. The van der Waals surface area contributed by atoms with Crippen LogP contribution in [0.5, 0.6) is 0 Å². The van der Waals surface area contributed by atoms with E-state index in [2.05, 4.69) is 19.1 Å². The maximum absolute atomic E-state index is 8.17. The van der Waals surface area contributed by atoms with Gasteiger partial charge >= 0.3 is 0 Å². The van der Waals surface area contributed by atoms with Crippen LogP contribution in [-0.2, 0) is 0 Å². The van der Waals surface area contributed by atoms with Crippen molar-refractivity contribution in [3.8, 4) is 0 Å². The predicted molar refractivity (Wildman–Crippen MR) is 61.4 cm³/mol. The van der Waals surface area contributed by atoms with Gasteiger partial charge in [-0.25, -0.2) is 0 Å². The van der Waals surface area contributed by atoms with Gasteiger partial charge in [-0.2, -0.15) is 0 Å². The van der Waals surface area contributed by atoms with Gasteiger partial charge in [0.1, 0.15) is 6.10 Å². The molecule has 90 valence electrons. The molecule has 0 aromatic heterocycles. The molecule has 0 spiro atoms. The molecular formula is C10H22N2O3. The summed E-state index contributed by atoms with van der Waals surface area (Å²) in [6.07, 6.45) is -0.954. The fourth-order valence-corrected chi connectivity index (χ4v) is 0.592. The molecule has 1 rings (SSSR count). The average molecular weight is 218 g/mol. The van der Waals surface area contributed by atoms with Crippen LogP contribution in [-0.4, -0.2) is 34.6 Å². The fourth-order valence-electron chi connectivity index (χ4n) is 0.592. The molecule has 0 aliphatic carbocycles. The van der Waals surface area contributed by atoms with E-state index in [9.17, 15) is 0 Å². The first kappa shape index (κ1) is 19.6. The number of hydrogen-bond acceptors (Lipinski definition) is 5. The number of aliphatic hydroxyl groups is 3. The highest BCUT2D eigenvalue weighted by Crippen LogP contribution is 1.92. The lowest BCUT2D eigenvalue weighted by Gasteiger charge is -1.96. The second kappa shape index (κ2) is 13.0. The smallest absolute Gasteiger partial charge is 0.100 e. The zero-order valence-electron chi connectivity index (χ0n) is 9.13. The quantitative estimate of drug-likeness (QED) is 0.497. The largest absolute Gasteiger partial charge is 0.394 e. The molecule has 0 unspecified atom stereocenters. The molecule has 0 fully saturated rings. The molecule has 0 amide bonds. The number of benzene rings is 1. The Kier molecular flexibility index (Phi) is 17.0. The Morgan fingerprint density at radius 3 is 1.53 bits per heavy atom. The van der Waals surface area contributed by atoms with Crippen LogP contribution >= 0.6 is 0 Å². The van der Waals surface area contributed by atoms with Crippen LogP contribution in [0.2, 0.25) is 0 Å². The maximum Gasteiger partial charge on any atom is 0.100 e. The summed E-state index contributed by atoms with van der Waals surface area (Å²) in [7, 11) is 0. The van der Waals surface area contributed by atoms with Crippen molar-refractivity contribution >= 4 is 0 Å². The van der Waals surface area contributed by atoms with Crippen LogP contribution in [0, 0.1) is 6.92 Å². The van der Waals surface area contributed by atoms with Crippen molar-refractivity contribution in [2.24, 2.45) is 0 Å². The molecule has 15 heavy (non-hydrogen) atoms. The van der Waals surface area contributed by atoms with Crippen molar-refractivity contribution in [1.82, 2.24) is 12.3 Å². The van der Waals surface area contributed by atoms with Crippen LogP contribution in [0.1, 0.15) is 5.56 Å². The summed E-state index contributed by atoms with van der Waals surface area (Å²) in [4.78, 5) is 0. The molecule has 0 radical (unpaired) electrons. The molecule has 5 nitrogen and oxygen atoms in total. The summed E-state index contributed by atoms with van der Waals surface area (Å²) in [6.45, 7) is 1.35. The van der Waals surface area contributed by atoms with E-state index in [4.69, 9.17) is 15.3 Å². The Hall–Kier alpha value is -0.980. The molecule has 0 atom stereocenters. The zero-order valence-corrected chi connectivity index (χ0v) is 9.13. The molecule has 9 N–H and O–H groups in total. The summed E-state index contributed by atoms with van der Waals surface area (Å²) in [5.41, 5.74) is 1.32. The lowest BCUT2D eigenvalue weighted by atomic mass is 10.2. The van der Waals surface area contributed by atoms with Gasteiger partial charge in [0.25, 0.3) is 0 Å². The van der Waals surface area contributed by atoms with Gasteiger partial charge in [-0.3, -0.25) is 0 Å². The van der Waals surface area contributed by atoms with Crippen LogP contribution in [0.4, 0.5) is 0 Å². The third kappa shape index (κ3) is 13.0. The number of aliphatic hydroxyl groups excluding tert-OH is 3. The fraction of sp³-hybridized carbons (Fsp3) is 0.400. The Balaban J connectivity index is -0.000000172. The highest BCUT2D eigenvalue weighted by atomic mass is 16.3. The van der Waals surface area contributed by atoms with Crippen molar-refractivity contribution in [3.05, 3.63) is 35.9 Å². The van der Waals surface area contributed by atoms with Gasteiger partial charge in [-0.15, -0.1) is 0 Å². The normalized spacial score (nSPS) is 8.07. The van der Waals surface area contributed by atoms with E-state index >= 15 is 0 Å². The van der Waals surface area contributed by atoms with Crippen LogP contribution < -0.4 is 12.3 Å². The molecule has 0 bridgehead atoms. The molecule has 0 saturated heterocycles.